The third-order valence-electron chi connectivity index (χ3n) is 5.25. The van der Waals surface area contributed by atoms with Gasteiger partial charge in [0, 0.05) is 24.0 Å². The lowest BCUT2D eigenvalue weighted by Crippen LogP contribution is -2.16. The number of rotatable bonds is 6. The van der Waals surface area contributed by atoms with Gasteiger partial charge in [0.25, 0.3) is 10.0 Å². The lowest BCUT2D eigenvalue weighted by atomic mass is 10.0. The third-order valence-corrected chi connectivity index (χ3v) is 6.92. The van der Waals surface area contributed by atoms with E-state index in [1.807, 2.05) is 0 Å². The molecule has 0 aliphatic rings. The highest BCUT2D eigenvalue weighted by Crippen LogP contribution is 2.34. The minimum absolute atomic E-state index is 0.0476. The zero-order chi connectivity index (χ0) is 26.0. The molecule has 0 radical (unpaired) electrons. The fourth-order valence-corrected chi connectivity index (χ4v) is 4.90. The Balaban J connectivity index is 1.68. The molecule has 0 spiro atoms. The summed E-state index contributed by atoms with van der Waals surface area (Å²) < 4.78 is 55.3. The van der Waals surface area contributed by atoms with Crippen LogP contribution in [0.2, 0.25) is 5.15 Å². The van der Waals surface area contributed by atoms with Crippen LogP contribution in [0.4, 0.5) is 26.1 Å². The van der Waals surface area contributed by atoms with E-state index in [2.05, 4.69) is 31.1 Å². The van der Waals surface area contributed by atoms with Crippen LogP contribution in [-0.2, 0) is 10.0 Å². The molecule has 4 rings (SSSR count). The summed E-state index contributed by atoms with van der Waals surface area (Å²) in [5.41, 5.74) is 2.56. The van der Waals surface area contributed by atoms with Crippen molar-refractivity contribution in [3.63, 3.8) is 0 Å². The molecule has 36 heavy (non-hydrogen) atoms. The van der Waals surface area contributed by atoms with Crippen LogP contribution < -0.4 is 10.0 Å². The topological polar surface area (TPSA) is 121 Å². The second kappa shape index (κ2) is 9.85. The Morgan fingerprint density at radius 3 is 2.50 bits per heavy atom. The second-order valence-electron chi connectivity index (χ2n) is 7.64. The Hall–Kier alpha value is -4.14. The summed E-state index contributed by atoms with van der Waals surface area (Å²) in [6.07, 6.45) is 3.01. The molecule has 1 aromatic carbocycles. The van der Waals surface area contributed by atoms with Gasteiger partial charge in [0.2, 0.25) is 0 Å². The van der Waals surface area contributed by atoms with Crippen molar-refractivity contribution in [1.82, 2.24) is 15.0 Å². The first kappa shape index (κ1) is 25.0. The van der Waals surface area contributed by atoms with Crippen molar-refractivity contribution < 1.29 is 17.2 Å². The summed E-state index contributed by atoms with van der Waals surface area (Å²) >= 11 is 6.18. The number of pyridine rings is 3. The minimum atomic E-state index is -4.44. The predicted octanol–water partition coefficient (Wildman–Crippen LogP) is 5.50. The first-order chi connectivity index (χ1) is 17.1. The average molecular weight is 527 g/mol. The largest absolute Gasteiger partial charge is 0.325 e. The van der Waals surface area contributed by atoms with Gasteiger partial charge in [0.15, 0.2) is 5.15 Å². The average Bonchev–Trinajstić information content (AvgIpc) is 2.82. The van der Waals surface area contributed by atoms with Crippen molar-refractivity contribution in [1.29, 1.82) is 5.26 Å². The van der Waals surface area contributed by atoms with Crippen LogP contribution in [0.3, 0.4) is 0 Å². The minimum Gasteiger partial charge on any atom is -0.325 e. The fourth-order valence-electron chi connectivity index (χ4n) is 3.41. The number of nitrogens with one attached hydrogen (secondary N) is 2. The molecule has 4 aromatic rings. The smallest absolute Gasteiger partial charge is 0.264 e. The van der Waals surface area contributed by atoms with Gasteiger partial charge in [-0.1, -0.05) is 11.6 Å². The van der Waals surface area contributed by atoms with Gasteiger partial charge in [-0.15, -0.1) is 0 Å². The van der Waals surface area contributed by atoms with Crippen molar-refractivity contribution in [2.75, 3.05) is 10.0 Å². The molecule has 2 N–H and O–H groups in total. The number of halogens is 3. The van der Waals surface area contributed by atoms with Gasteiger partial charge >= 0.3 is 0 Å². The lowest BCUT2D eigenvalue weighted by molar-refractivity contribution is 0.551. The summed E-state index contributed by atoms with van der Waals surface area (Å²) in [4.78, 5) is 11.9. The van der Waals surface area contributed by atoms with Crippen LogP contribution in [0, 0.1) is 36.8 Å². The van der Waals surface area contributed by atoms with E-state index in [4.69, 9.17) is 16.9 Å². The first-order valence-corrected chi connectivity index (χ1v) is 12.2. The SMILES string of the molecule is Cc1nc(Nc2cc(-c3cnc(Cl)c(NS(=O)(=O)c4ccc(F)cc4F)c3C)ccn2)ccc1C#N. The summed E-state index contributed by atoms with van der Waals surface area (Å²) in [5, 5.41) is 12.0. The molecule has 0 unspecified atom stereocenters. The Bertz CT molecular complexity index is 1640. The van der Waals surface area contributed by atoms with Crippen molar-refractivity contribution in [2.24, 2.45) is 0 Å². The lowest BCUT2D eigenvalue weighted by Gasteiger charge is -2.16. The van der Waals surface area contributed by atoms with Gasteiger partial charge in [0.1, 0.15) is 34.2 Å². The number of hydrogen-bond acceptors (Lipinski definition) is 7. The molecule has 0 bridgehead atoms. The molecule has 0 aliphatic heterocycles. The molecule has 0 amide bonds. The first-order valence-electron chi connectivity index (χ1n) is 10.3. The van der Waals surface area contributed by atoms with E-state index in [-0.39, 0.29) is 10.8 Å². The van der Waals surface area contributed by atoms with Crippen LogP contribution >= 0.6 is 11.6 Å². The van der Waals surface area contributed by atoms with Crippen LogP contribution in [0.5, 0.6) is 0 Å². The normalized spacial score (nSPS) is 11.1. The van der Waals surface area contributed by atoms with Crippen molar-refractivity contribution in [3.05, 3.63) is 88.5 Å². The van der Waals surface area contributed by atoms with Crippen LogP contribution in [0.15, 0.2) is 59.8 Å². The zero-order valence-electron chi connectivity index (χ0n) is 18.8. The maximum absolute atomic E-state index is 14.1. The number of aromatic nitrogens is 3. The molecular weight excluding hydrogens is 510 g/mol. The highest BCUT2D eigenvalue weighted by molar-refractivity contribution is 7.92. The standard InChI is InChI=1S/C24H17ClF2N6O2S/c1-13-18(15-7-8-29-22(9-15)32-21-6-3-16(11-28)14(2)31-21)12-30-24(25)23(13)33-36(34,35)20-5-4-17(26)10-19(20)27/h3-10,12,33H,1-2H3,(H,29,31,32). The Morgan fingerprint density at radius 2 is 1.81 bits per heavy atom. The van der Waals surface area contributed by atoms with Gasteiger partial charge < -0.3 is 5.32 Å². The molecule has 12 heteroatoms. The van der Waals surface area contributed by atoms with E-state index in [0.717, 1.165) is 12.1 Å². The monoisotopic (exact) mass is 526 g/mol. The van der Waals surface area contributed by atoms with Crippen LogP contribution in [-0.4, -0.2) is 23.4 Å². The number of nitriles is 1. The Kier molecular flexibility index (Phi) is 6.83. The fraction of sp³-hybridized carbons (Fsp3) is 0.0833. The van der Waals surface area contributed by atoms with Gasteiger partial charge in [-0.2, -0.15) is 5.26 Å². The molecule has 3 aromatic heterocycles. The summed E-state index contributed by atoms with van der Waals surface area (Å²) in [6.45, 7) is 3.34. The van der Waals surface area contributed by atoms with Gasteiger partial charge in [-0.05, 0) is 61.4 Å². The Morgan fingerprint density at radius 1 is 1.03 bits per heavy atom. The molecule has 0 saturated heterocycles. The van der Waals surface area contributed by atoms with Crippen LogP contribution in [0.25, 0.3) is 11.1 Å². The summed E-state index contributed by atoms with van der Waals surface area (Å²) in [6, 6.07) is 10.9. The number of nitrogens with zero attached hydrogens (tertiary/aromatic N) is 4. The van der Waals surface area contributed by atoms with Crippen molar-refractivity contribution in [2.45, 2.75) is 18.7 Å². The van der Waals surface area contributed by atoms with Gasteiger partial charge in [-0.25, -0.2) is 32.2 Å². The molecule has 0 saturated carbocycles. The summed E-state index contributed by atoms with van der Waals surface area (Å²) in [5.74, 6) is -1.22. The highest BCUT2D eigenvalue weighted by Gasteiger charge is 2.23. The third kappa shape index (κ3) is 5.10. The van der Waals surface area contributed by atoms with Gasteiger partial charge in [0.05, 0.1) is 16.9 Å². The quantitative estimate of drug-likeness (QED) is 0.318. The van der Waals surface area contributed by atoms with E-state index >= 15 is 0 Å². The molecule has 3 heterocycles. The van der Waals surface area contributed by atoms with E-state index in [0.29, 0.717) is 45.6 Å². The molecule has 0 atom stereocenters. The molecular formula is C24H17ClF2N6O2S. The number of sulfonamides is 1. The number of benzene rings is 1. The van der Waals surface area contributed by atoms with E-state index in [1.54, 1.807) is 44.3 Å². The van der Waals surface area contributed by atoms with E-state index in [9.17, 15) is 17.2 Å². The number of aryl methyl sites for hydroxylation is 1. The van der Waals surface area contributed by atoms with Crippen molar-refractivity contribution in [3.8, 4) is 17.2 Å². The number of anilines is 3. The molecule has 0 fully saturated rings. The van der Waals surface area contributed by atoms with Crippen LogP contribution in [0.1, 0.15) is 16.8 Å². The zero-order valence-corrected chi connectivity index (χ0v) is 20.4. The Labute approximate surface area is 210 Å². The number of hydrogen-bond donors (Lipinski definition) is 2. The summed E-state index contributed by atoms with van der Waals surface area (Å²) in [7, 11) is -4.44. The molecule has 8 nitrogen and oxygen atoms in total. The van der Waals surface area contributed by atoms with E-state index < -0.39 is 26.6 Å². The van der Waals surface area contributed by atoms with Crippen molar-refractivity contribution >= 4 is 38.9 Å². The highest BCUT2D eigenvalue weighted by atomic mass is 35.5. The van der Waals surface area contributed by atoms with E-state index in [1.165, 1.54) is 6.20 Å². The van der Waals surface area contributed by atoms with Gasteiger partial charge in [-0.3, -0.25) is 4.72 Å². The maximum Gasteiger partial charge on any atom is 0.264 e. The molecule has 0 aliphatic carbocycles. The molecule has 182 valence electrons. The predicted molar refractivity (Wildman–Crippen MR) is 131 cm³/mol. The maximum atomic E-state index is 14.1. The second-order valence-corrected chi connectivity index (χ2v) is 9.65.